The zero-order chi connectivity index (χ0) is 19.1. The number of imidazole rings is 1. The number of aromatic amines is 1. The minimum absolute atomic E-state index is 0.0125. The van der Waals surface area contributed by atoms with E-state index in [1.54, 1.807) is 0 Å². The lowest BCUT2D eigenvalue weighted by Gasteiger charge is -2.29. The Balaban J connectivity index is 1.48. The lowest BCUT2D eigenvalue weighted by molar-refractivity contribution is -0.0173. The molecule has 144 valence electrons. The number of nitrogens with zero attached hydrogens (tertiary/aromatic N) is 4. The van der Waals surface area contributed by atoms with Gasteiger partial charge in [-0.3, -0.25) is 0 Å². The van der Waals surface area contributed by atoms with Crippen LogP contribution in [0.25, 0.3) is 22.4 Å². The number of fused-ring (bicyclic) bond motifs is 1. The highest BCUT2D eigenvalue weighted by molar-refractivity contribution is 6.31. The molecule has 1 saturated heterocycles. The maximum atomic E-state index is 6.08. The Morgan fingerprint density at radius 2 is 2.25 bits per heavy atom. The third-order valence-electron chi connectivity index (χ3n) is 5.25. The Labute approximate surface area is 166 Å². The fourth-order valence-electron chi connectivity index (χ4n) is 3.85. The summed E-state index contributed by atoms with van der Waals surface area (Å²) in [6.07, 6.45) is 5.47. The van der Waals surface area contributed by atoms with Gasteiger partial charge >= 0.3 is 0 Å². The molecule has 0 amide bonds. The van der Waals surface area contributed by atoms with E-state index in [1.165, 1.54) is 0 Å². The van der Waals surface area contributed by atoms with Crippen LogP contribution in [0, 0.1) is 0 Å². The fraction of sp³-hybridized carbons (Fsp3) is 0.350. The highest BCUT2D eigenvalue weighted by Crippen LogP contribution is 2.40. The van der Waals surface area contributed by atoms with Gasteiger partial charge in [-0.05, 0) is 44.0 Å². The monoisotopic (exact) mass is 397 g/mol. The molecule has 1 aliphatic rings. The summed E-state index contributed by atoms with van der Waals surface area (Å²) in [4.78, 5) is 12.5. The van der Waals surface area contributed by atoms with Crippen LogP contribution >= 0.6 is 11.6 Å². The molecule has 0 saturated carbocycles. The van der Waals surface area contributed by atoms with E-state index in [0.29, 0.717) is 23.3 Å². The molecule has 3 aromatic heterocycles. The number of rotatable bonds is 4. The van der Waals surface area contributed by atoms with Crippen LogP contribution < -0.4 is 0 Å². The van der Waals surface area contributed by atoms with Crippen molar-refractivity contribution in [2.75, 3.05) is 6.61 Å². The van der Waals surface area contributed by atoms with Gasteiger partial charge in [0.05, 0.1) is 11.6 Å². The summed E-state index contributed by atoms with van der Waals surface area (Å²) in [6.45, 7) is 3.64. The van der Waals surface area contributed by atoms with Gasteiger partial charge in [0, 0.05) is 41.5 Å². The largest absolute Gasteiger partial charge is 0.369 e. The molecule has 0 aliphatic carbocycles. The summed E-state index contributed by atoms with van der Waals surface area (Å²) in [5.74, 6) is 2.02. The number of nitrogens with one attached hydrogen (secondary N) is 1. The van der Waals surface area contributed by atoms with Crippen molar-refractivity contribution in [3.05, 3.63) is 53.4 Å². The molecule has 1 aromatic carbocycles. The van der Waals surface area contributed by atoms with Crippen molar-refractivity contribution in [2.45, 2.75) is 38.3 Å². The van der Waals surface area contributed by atoms with Crippen molar-refractivity contribution in [1.29, 1.82) is 0 Å². The van der Waals surface area contributed by atoms with Gasteiger partial charge in [0.25, 0.3) is 0 Å². The first-order chi connectivity index (χ1) is 13.7. The lowest BCUT2D eigenvalue weighted by Crippen LogP contribution is -2.24. The Bertz CT molecular complexity index is 1110. The SMILES string of the molecule is CCn1ccnc1[C@@H]1OCCC[C@H]1c1nc(-c2cc3cc(Cl)ccc3[nH]2)no1. The van der Waals surface area contributed by atoms with Crippen LogP contribution in [0.3, 0.4) is 0 Å². The molecule has 0 radical (unpaired) electrons. The third-order valence-corrected chi connectivity index (χ3v) is 5.48. The number of ether oxygens (including phenoxy) is 1. The van der Waals surface area contributed by atoms with Crippen LogP contribution in [0.5, 0.6) is 0 Å². The van der Waals surface area contributed by atoms with Crippen molar-refractivity contribution in [3.8, 4) is 11.5 Å². The molecule has 0 spiro atoms. The number of benzene rings is 1. The third kappa shape index (κ3) is 3.00. The van der Waals surface area contributed by atoms with Crippen molar-refractivity contribution in [1.82, 2.24) is 24.7 Å². The molecule has 1 N–H and O–H groups in total. The number of aryl methyl sites for hydroxylation is 1. The van der Waals surface area contributed by atoms with E-state index in [0.717, 1.165) is 41.8 Å². The maximum absolute atomic E-state index is 6.08. The van der Waals surface area contributed by atoms with E-state index in [9.17, 15) is 0 Å². The minimum atomic E-state index is -0.182. The van der Waals surface area contributed by atoms with Crippen LogP contribution in [0.1, 0.15) is 43.5 Å². The van der Waals surface area contributed by atoms with Crippen LogP contribution in [0.15, 0.2) is 41.2 Å². The molecule has 1 aliphatic heterocycles. The quantitative estimate of drug-likeness (QED) is 0.538. The van der Waals surface area contributed by atoms with Gasteiger partial charge < -0.3 is 18.8 Å². The van der Waals surface area contributed by atoms with Crippen LogP contribution in [0.2, 0.25) is 5.02 Å². The number of H-pyrrole nitrogens is 1. The molecule has 0 bridgehead atoms. The van der Waals surface area contributed by atoms with E-state index in [1.807, 2.05) is 36.7 Å². The second-order valence-electron chi connectivity index (χ2n) is 6.98. The minimum Gasteiger partial charge on any atom is -0.369 e. The molecule has 7 nitrogen and oxygen atoms in total. The average Bonchev–Trinajstić information content (AvgIpc) is 3.45. The number of hydrogen-bond donors (Lipinski definition) is 1. The van der Waals surface area contributed by atoms with Crippen molar-refractivity contribution >= 4 is 22.5 Å². The highest BCUT2D eigenvalue weighted by atomic mass is 35.5. The summed E-state index contributed by atoms with van der Waals surface area (Å²) in [6, 6.07) is 7.69. The summed E-state index contributed by atoms with van der Waals surface area (Å²) in [7, 11) is 0. The molecule has 1 fully saturated rings. The number of hydrogen-bond acceptors (Lipinski definition) is 5. The van der Waals surface area contributed by atoms with Gasteiger partial charge in [-0.15, -0.1) is 0 Å². The predicted molar refractivity (Wildman–Crippen MR) is 105 cm³/mol. The van der Waals surface area contributed by atoms with Crippen LogP contribution in [0.4, 0.5) is 0 Å². The van der Waals surface area contributed by atoms with Crippen LogP contribution in [-0.2, 0) is 11.3 Å². The van der Waals surface area contributed by atoms with Crippen molar-refractivity contribution in [3.63, 3.8) is 0 Å². The van der Waals surface area contributed by atoms with E-state index in [4.69, 9.17) is 20.9 Å². The number of aromatic nitrogens is 5. The molecular formula is C20H20ClN5O2. The Kier molecular flexibility index (Phi) is 4.41. The molecule has 28 heavy (non-hydrogen) atoms. The highest BCUT2D eigenvalue weighted by Gasteiger charge is 2.35. The predicted octanol–water partition coefficient (Wildman–Crippen LogP) is 4.72. The fourth-order valence-corrected chi connectivity index (χ4v) is 4.03. The smallest absolute Gasteiger partial charge is 0.233 e. The van der Waals surface area contributed by atoms with Gasteiger partial charge in [-0.2, -0.15) is 4.98 Å². The first kappa shape index (κ1) is 17.5. The summed E-state index contributed by atoms with van der Waals surface area (Å²) >= 11 is 6.08. The summed E-state index contributed by atoms with van der Waals surface area (Å²) in [5.41, 5.74) is 1.78. The normalized spacial score (nSPS) is 20.1. The van der Waals surface area contributed by atoms with E-state index >= 15 is 0 Å². The maximum Gasteiger partial charge on any atom is 0.233 e. The van der Waals surface area contributed by atoms with E-state index in [-0.39, 0.29) is 12.0 Å². The second-order valence-corrected chi connectivity index (χ2v) is 7.42. The summed E-state index contributed by atoms with van der Waals surface area (Å²) in [5, 5.41) is 5.91. The van der Waals surface area contributed by atoms with Gasteiger partial charge in [-0.25, -0.2) is 4.98 Å². The van der Waals surface area contributed by atoms with Gasteiger partial charge in [0.15, 0.2) is 0 Å². The second kappa shape index (κ2) is 7.07. The Hall–Kier alpha value is -2.64. The zero-order valence-electron chi connectivity index (χ0n) is 15.4. The van der Waals surface area contributed by atoms with Gasteiger partial charge in [-0.1, -0.05) is 16.8 Å². The first-order valence-corrected chi connectivity index (χ1v) is 9.85. The molecule has 5 rings (SSSR count). The van der Waals surface area contributed by atoms with E-state index in [2.05, 4.69) is 31.6 Å². The van der Waals surface area contributed by atoms with Crippen molar-refractivity contribution in [2.24, 2.45) is 0 Å². The number of halogens is 1. The molecular weight excluding hydrogens is 378 g/mol. The first-order valence-electron chi connectivity index (χ1n) is 9.48. The molecule has 4 heterocycles. The van der Waals surface area contributed by atoms with Gasteiger partial charge in [0.2, 0.25) is 11.7 Å². The van der Waals surface area contributed by atoms with Crippen molar-refractivity contribution < 1.29 is 9.26 Å². The molecule has 2 atom stereocenters. The standard InChI is InChI=1S/C20H20ClN5O2/c1-2-26-8-7-22-19(26)17-14(4-3-9-27-17)20-24-18(25-28-20)16-11-12-10-13(21)5-6-15(12)23-16/h5-8,10-11,14,17,23H,2-4,9H2,1H3/t14-,17-/m1/s1. The zero-order valence-corrected chi connectivity index (χ0v) is 16.2. The van der Waals surface area contributed by atoms with Crippen LogP contribution in [-0.4, -0.2) is 31.3 Å². The topological polar surface area (TPSA) is 81.8 Å². The van der Waals surface area contributed by atoms with Gasteiger partial charge in [0.1, 0.15) is 11.9 Å². The lowest BCUT2D eigenvalue weighted by atomic mass is 9.93. The Morgan fingerprint density at radius 3 is 3.14 bits per heavy atom. The molecule has 4 aromatic rings. The molecule has 0 unspecified atom stereocenters. The molecule has 8 heteroatoms. The Morgan fingerprint density at radius 1 is 1.32 bits per heavy atom. The average molecular weight is 398 g/mol. The van der Waals surface area contributed by atoms with E-state index < -0.39 is 0 Å². The summed E-state index contributed by atoms with van der Waals surface area (Å²) < 4.78 is 13.8.